The molecule has 0 amide bonds. The molecule has 116 valence electrons. The maximum absolute atomic E-state index is 12.2. The normalized spacial score (nSPS) is 14.8. The maximum atomic E-state index is 12.2. The summed E-state index contributed by atoms with van der Waals surface area (Å²) in [6.45, 7) is 3.87. The fraction of sp³-hybridized carbons (Fsp3) is 0.118. The molecular weight excluding hydrogens is 310 g/mol. The Bertz CT molecular complexity index is 980. The third kappa shape index (κ3) is 2.80. The highest BCUT2D eigenvalue weighted by molar-refractivity contribution is 7.71. The minimum Gasteiger partial charge on any atom is -0.494 e. The number of allylic oxidation sites excluding steroid dienone is 2. The van der Waals surface area contributed by atoms with Crippen molar-refractivity contribution in [1.82, 2.24) is 9.55 Å². The van der Waals surface area contributed by atoms with E-state index in [2.05, 4.69) is 9.98 Å². The first-order chi connectivity index (χ1) is 11.0. The van der Waals surface area contributed by atoms with Gasteiger partial charge in [-0.2, -0.15) is 0 Å². The molecule has 2 heterocycles. The Hall–Kier alpha value is -2.73. The third-order valence-corrected chi connectivity index (χ3v) is 3.88. The number of hydrogen-bond acceptors (Lipinski definition) is 4. The van der Waals surface area contributed by atoms with Gasteiger partial charge in [0.2, 0.25) is 5.88 Å². The smallest absolute Gasteiger partial charge is 0.262 e. The van der Waals surface area contributed by atoms with Crippen LogP contribution >= 0.6 is 12.2 Å². The zero-order chi connectivity index (χ0) is 16.6. The first kappa shape index (κ1) is 15.2. The van der Waals surface area contributed by atoms with Crippen LogP contribution in [0.1, 0.15) is 16.7 Å². The van der Waals surface area contributed by atoms with E-state index in [1.165, 1.54) is 10.6 Å². The van der Waals surface area contributed by atoms with Crippen LogP contribution < -0.4 is 5.56 Å². The molecule has 2 aromatic rings. The van der Waals surface area contributed by atoms with Crippen molar-refractivity contribution in [3.05, 3.63) is 67.9 Å². The Labute approximate surface area is 138 Å². The van der Waals surface area contributed by atoms with E-state index < -0.39 is 5.56 Å². The molecule has 1 aromatic carbocycles. The van der Waals surface area contributed by atoms with Crippen LogP contribution in [0.5, 0.6) is 5.88 Å². The highest BCUT2D eigenvalue weighted by Gasteiger charge is 2.14. The topological polar surface area (TPSA) is 70.4 Å². The Morgan fingerprint density at radius 1 is 1.35 bits per heavy atom. The van der Waals surface area contributed by atoms with Gasteiger partial charge in [-0.1, -0.05) is 12.1 Å². The highest BCUT2D eigenvalue weighted by Crippen LogP contribution is 2.25. The zero-order valence-electron chi connectivity index (χ0n) is 12.7. The van der Waals surface area contributed by atoms with E-state index in [9.17, 15) is 9.90 Å². The van der Waals surface area contributed by atoms with Crippen molar-refractivity contribution in [3.8, 4) is 11.6 Å². The highest BCUT2D eigenvalue weighted by atomic mass is 32.1. The van der Waals surface area contributed by atoms with E-state index in [-0.39, 0.29) is 16.2 Å². The van der Waals surface area contributed by atoms with E-state index in [4.69, 9.17) is 12.2 Å². The summed E-state index contributed by atoms with van der Waals surface area (Å²) in [5, 5.41) is 10.6. The SMILES string of the molecule is Cc1ccc(C)c(-n2c(O)c(C=C3C=CC=N3)c(=O)[nH]c2=S)c1. The molecule has 0 spiro atoms. The van der Waals surface area contributed by atoms with Crippen molar-refractivity contribution in [3.63, 3.8) is 0 Å². The Morgan fingerprint density at radius 2 is 2.13 bits per heavy atom. The Kier molecular flexibility index (Phi) is 3.83. The van der Waals surface area contributed by atoms with E-state index in [1.54, 1.807) is 18.4 Å². The first-order valence-electron chi connectivity index (χ1n) is 7.06. The predicted molar refractivity (Wildman–Crippen MR) is 94.0 cm³/mol. The van der Waals surface area contributed by atoms with E-state index in [1.807, 2.05) is 32.0 Å². The molecule has 0 bridgehead atoms. The summed E-state index contributed by atoms with van der Waals surface area (Å²) in [6.07, 6.45) is 6.67. The predicted octanol–water partition coefficient (Wildman–Crippen LogP) is 3.20. The van der Waals surface area contributed by atoms with Gasteiger partial charge in [-0.25, -0.2) is 0 Å². The molecule has 2 N–H and O–H groups in total. The molecule has 6 heteroatoms. The van der Waals surface area contributed by atoms with E-state index >= 15 is 0 Å². The molecule has 0 fully saturated rings. The van der Waals surface area contributed by atoms with Gasteiger partial charge in [0.1, 0.15) is 5.56 Å². The molecular formula is C17H15N3O2S. The van der Waals surface area contributed by atoms with E-state index in [0.29, 0.717) is 5.70 Å². The van der Waals surface area contributed by atoms with Crippen LogP contribution in [0.2, 0.25) is 0 Å². The van der Waals surface area contributed by atoms with E-state index in [0.717, 1.165) is 16.8 Å². The maximum Gasteiger partial charge on any atom is 0.262 e. The number of aliphatic imine (C=N–C) groups is 1. The van der Waals surface area contributed by atoms with Gasteiger partial charge in [-0.05, 0) is 61.5 Å². The lowest BCUT2D eigenvalue weighted by Gasteiger charge is -2.14. The van der Waals surface area contributed by atoms with Gasteiger partial charge in [-0.15, -0.1) is 0 Å². The molecule has 0 atom stereocenters. The lowest BCUT2D eigenvalue weighted by molar-refractivity contribution is 0.431. The number of benzene rings is 1. The largest absolute Gasteiger partial charge is 0.494 e. The molecule has 5 nitrogen and oxygen atoms in total. The minimum atomic E-state index is -0.447. The van der Waals surface area contributed by atoms with Crippen LogP contribution in [-0.4, -0.2) is 20.9 Å². The summed E-state index contributed by atoms with van der Waals surface area (Å²) in [7, 11) is 0. The minimum absolute atomic E-state index is 0.123. The molecule has 0 saturated carbocycles. The van der Waals surface area contributed by atoms with Gasteiger partial charge in [0.25, 0.3) is 5.56 Å². The second kappa shape index (κ2) is 5.81. The molecule has 0 unspecified atom stereocenters. The summed E-state index contributed by atoms with van der Waals surface area (Å²) in [6, 6.07) is 5.83. The standard InChI is InChI=1S/C17H15N3O2S/c1-10-5-6-11(2)14(8-10)20-16(22)13(15(21)19-17(20)23)9-12-4-3-7-18-12/h3-9,22H,1-2H3,(H,19,21,23). The van der Waals surface area contributed by atoms with Gasteiger partial charge in [0, 0.05) is 6.21 Å². The molecule has 1 aliphatic rings. The summed E-state index contributed by atoms with van der Waals surface area (Å²) in [4.78, 5) is 18.9. The fourth-order valence-corrected chi connectivity index (χ4v) is 2.68. The van der Waals surface area contributed by atoms with Crippen molar-refractivity contribution in [1.29, 1.82) is 0 Å². The Morgan fingerprint density at radius 3 is 2.83 bits per heavy atom. The molecule has 1 aromatic heterocycles. The van der Waals surface area contributed by atoms with Crippen molar-refractivity contribution < 1.29 is 5.11 Å². The summed E-state index contributed by atoms with van der Waals surface area (Å²) in [5.74, 6) is -0.199. The number of aromatic nitrogens is 2. The van der Waals surface area contributed by atoms with Crippen molar-refractivity contribution in [2.75, 3.05) is 0 Å². The average molecular weight is 325 g/mol. The van der Waals surface area contributed by atoms with Gasteiger partial charge in [0.05, 0.1) is 11.4 Å². The molecule has 3 rings (SSSR count). The van der Waals surface area contributed by atoms with Gasteiger partial charge >= 0.3 is 0 Å². The Balaban J connectivity index is 2.30. The van der Waals surface area contributed by atoms with Crippen LogP contribution in [0.25, 0.3) is 11.8 Å². The molecule has 0 radical (unpaired) electrons. The summed E-state index contributed by atoms with van der Waals surface area (Å²) < 4.78 is 1.61. The second-order valence-corrected chi connectivity index (χ2v) is 5.72. The fourth-order valence-electron chi connectivity index (χ4n) is 2.40. The summed E-state index contributed by atoms with van der Waals surface area (Å²) in [5.41, 5.74) is 2.97. The number of aromatic amines is 1. The zero-order valence-corrected chi connectivity index (χ0v) is 13.5. The van der Waals surface area contributed by atoms with Crippen LogP contribution in [-0.2, 0) is 0 Å². The van der Waals surface area contributed by atoms with Crippen LogP contribution in [0.15, 0.2) is 45.8 Å². The van der Waals surface area contributed by atoms with Crippen molar-refractivity contribution in [2.24, 2.45) is 4.99 Å². The second-order valence-electron chi connectivity index (χ2n) is 5.33. The van der Waals surface area contributed by atoms with Crippen LogP contribution in [0.4, 0.5) is 0 Å². The number of aryl methyl sites for hydroxylation is 2. The molecule has 0 saturated heterocycles. The number of aromatic hydroxyl groups is 1. The van der Waals surface area contributed by atoms with Crippen LogP contribution in [0, 0.1) is 18.6 Å². The number of hydrogen-bond donors (Lipinski definition) is 2. The number of H-pyrrole nitrogens is 1. The number of nitrogens with zero attached hydrogens (tertiary/aromatic N) is 2. The quantitative estimate of drug-likeness (QED) is 0.833. The molecule has 0 aliphatic carbocycles. The van der Waals surface area contributed by atoms with Crippen molar-refractivity contribution >= 4 is 24.5 Å². The van der Waals surface area contributed by atoms with Gasteiger partial charge < -0.3 is 5.11 Å². The number of rotatable bonds is 2. The first-order valence-corrected chi connectivity index (χ1v) is 7.46. The lowest BCUT2D eigenvalue weighted by atomic mass is 10.1. The molecule has 1 aliphatic heterocycles. The third-order valence-electron chi connectivity index (χ3n) is 3.60. The van der Waals surface area contributed by atoms with Gasteiger partial charge in [0.15, 0.2) is 4.77 Å². The molecule has 23 heavy (non-hydrogen) atoms. The van der Waals surface area contributed by atoms with Gasteiger partial charge in [-0.3, -0.25) is 19.3 Å². The monoisotopic (exact) mass is 325 g/mol. The van der Waals surface area contributed by atoms with Crippen LogP contribution in [0.3, 0.4) is 0 Å². The van der Waals surface area contributed by atoms with Crippen molar-refractivity contribution in [2.45, 2.75) is 13.8 Å². The summed E-state index contributed by atoms with van der Waals surface area (Å²) >= 11 is 5.24. The lowest BCUT2D eigenvalue weighted by Crippen LogP contribution is -2.16. The number of nitrogens with one attached hydrogen (secondary N) is 1. The average Bonchev–Trinajstić information content (AvgIpc) is 3.00.